The van der Waals surface area contributed by atoms with Crippen LogP contribution in [0, 0.1) is 23.2 Å². The number of benzene rings is 1. The van der Waals surface area contributed by atoms with Crippen LogP contribution in [0.25, 0.3) is 5.52 Å². The fourth-order valence-electron chi connectivity index (χ4n) is 6.89. The van der Waals surface area contributed by atoms with E-state index in [0.29, 0.717) is 29.5 Å². The van der Waals surface area contributed by atoms with E-state index in [2.05, 4.69) is 29.6 Å². The summed E-state index contributed by atoms with van der Waals surface area (Å²) in [5, 5.41) is 20.4. The zero-order valence-corrected chi connectivity index (χ0v) is 35.5. The van der Waals surface area contributed by atoms with Crippen molar-refractivity contribution in [1.82, 2.24) is 14.6 Å². The average Bonchev–Trinajstić information content (AvgIpc) is 3.87. The third-order valence-corrected chi connectivity index (χ3v) is 10.6. The fourth-order valence-corrected chi connectivity index (χ4v) is 7.55. The van der Waals surface area contributed by atoms with E-state index in [1.54, 1.807) is 22.7 Å². The van der Waals surface area contributed by atoms with Crippen LogP contribution in [0.2, 0.25) is 0 Å². The van der Waals surface area contributed by atoms with Crippen molar-refractivity contribution in [2.24, 2.45) is 0 Å². The van der Waals surface area contributed by atoms with Crippen LogP contribution >= 0.6 is 8.60 Å². The lowest BCUT2D eigenvalue weighted by atomic mass is 10.0. The molecule has 0 radical (unpaired) electrons. The molecule has 0 aliphatic carbocycles. The van der Waals surface area contributed by atoms with Gasteiger partial charge in [0.05, 0.1) is 43.3 Å². The lowest BCUT2D eigenvalue weighted by Crippen LogP contribution is -2.28. The molecule has 1 aliphatic rings. The van der Waals surface area contributed by atoms with Gasteiger partial charge < -0.3 is 38.6 Å². The highest BCUT2D eigenvalue weighted by Gasteiger charge is 2.30. The zero-order chi connectivity index (χ0) is 41.1. The number of hydrogen-bond acceptors (Lipinski definition) is 12. The molecule has 1 saturated heterocycles. The Labute approximate surface area is 342 Å². The van der Waals surface area contributed by atoms with Gasteiger partial charge in [-0.25, -0.2) is 14.8 Å². The van der Waals surface area contributed by atoms with Crippen LogP contribution in [0.1, 0.15) is 154 Å². The number of aromatic nitrogens is 3. The molecule has 316 valence electrons. The molecule has 4 atom stereocenters. The van der Waals surface area contributed by atoms with Gasteiger partial charge in [-0.05, 0) is 57.4 Å². The number of ether oxygens (including phenoxy) is 4. The summed E-state index contributed by atoms with van der Waals surface area (Å²) < 4.78 is 37.6. The maximum Gasteiger partial charge on any atom is 0.330 e. The molecule has 14 heteroatoms. The largest absolute Gasteiger partial charge is 0.489 e. The molecule has 3 N–H and O–H groups in total. The van der Waals surface area contributed by atoms with Gasteiger partial charge in [-0.2, -0.15) is 10.4 Å². The van der Waals surface area contributed by atoms with E-state index in [9.17, 15) is 10.2 Å². The Morgan fingerprint density at radius 2 is 1.54 bits per heavy atom. The number of nitrogens with zero attached hydrogens (tertiary/aromatic N) is 5. The Balaban J connectivity index is 0.00000428. The van der Waals surface area contributed by atoms with Gasteiger partial charge in [-0.1, -0.05) is 103 Å². The normalized spacial score (nSPS) is 16.2. The molecule has 13 nitrogen and oxygen atoms in total. The van der Waals surface area contributed by atoms with Crippen molar-refractivity contribution in [3.05, 3.63) is 47.9 Å². The first-order chi connectivity index (χ1) is 27.9. The van der Waals surface area contributed by atoms with Crippen LogP contribution < -0.4 is 15.2 Å². The Morgan fingerprint density at radius 1 is 0.895 bits per heavy atom. The SMILES string of the molecule is C#N.CCCCCCCCCCCCCCCCCCOCC(COP(O)OCC1CCC(c2ccc3c(N)ncnn23)O1)Oc1ccc(C#N)c(OC(C)C)c1. The van der Waals surface area contributed by atoms with Crippen molar-refractivity contribution in [3.8, 4) is 24.1 Å². The topological polar surface area (TPSA) is 179 Å². The Kier molecular flexibility index (Phi) is 24.2. The van der Waals surface area contributed by atoms with Crippen molar-refractivity contribution in [3.63, 3.8) is 0 Å². The Hall–Kier alpha value is -3.55. The highest BCUT2D eigenvalue weighted by molar-refractivity contribution is 7.40. The molecule has 2 aromatic heterocycles. The molecule has 4 unspecified atom stereocenters. The number of anilines is 1. The van der Waals surface area contributed by atoms with Crippen LogP contribution in [0.4, 0.5) is 5.82 Å². The molecule has 1 aliphatic heterocycles. The molecule has 0 bridgehead atoms. The lowest BCUT2D eigenvalue weighted by molar-refractivity contribution is 0.00194. The summed E-state index contributed by atoms with van der Waals surface area (Å²) in [5.41, 5.74) is 8.06. The van der Waals surface area contributed by atoms with Gasteiger partial charge in [-0.15, -0.1) is 0 Å². The second-order valence-corrected chi connectivity index (χ2v) is 15.9. The zero-order valence-electron chi connectivity index (χ0n) is 34.6. The number of nitrogens with two attached hydrogens (primary N) is 1. The number of unbranched alkanes of at least 4 members (excludes halogenated alkanes) is 15. The standard InChI is InChI=1S/C42H66N5O7P.CHN/c1-4-5-6-7-8-9-10-11-12-13-14-15-16-17-18-19-26-49-29-37(53-35-21-20-34(28-43)41(27-35)52-33(2)3)31-51-55(48)50-30-36-22-25-40(54-36)38-23-24-39-42(44)45-32-46-47(38)39;1-2/h20-21,23-24,27,32-33,36-37,40,48H,4-19,22,25-26,29-31H2,1-3H3,(H2,44,45,46);1H. The summed E-state index contributed by atoms with van der Waals surface area (Å²) in [4.78, 5) is 14.7. The highest BCUT2D eigenvalue weighted by atomic mass is 31.2. The summed E-state index contributed by atoms with van der Waals surface area (Å²) in [6, 6.07) is 11.1. The molecule has 3 heterocycles. The molecule has 1 aromatic carbocycles. The van der Waals surface area contributed by atoms with E-state index >= 15 is 0 Å². The summed E-state index contributed by atoms with van der Waals surface area (Å²) in [5.74, 6) is 1.39. The van der Waals surface area contributed by atoms with Gasteiger partial charge in [0.1, 0.15) is 41.6 Å². The molecule has 4 rings (SSSR count). The number of nitriles is 2. The maximum absolute atomic E-state index is 10.7. The van der Waals surface area contributed by atoms with E-state index in [1.807, 2.05) is 26.0 Å². The van der Waals surface area contributed by atoms with Gasteiger partial charge in [0.2, 0.25) is 0 Å². The molecular weight excluding hydrogens is 743 g/mol. The minimum absolute atomic E-state index is 0.0486. The molecular formula is C43H67N6O7P. The van der Waals surface area contributed by atoms with E-state index in [1.165, 1.54) is 96.2 Å². The van der Waals surface area contributed by atoms with E-state index in [0.717, 1.165) is 36.9 Å². The lowest BCUT2D eigenvalue weighted by Gasteiger charge is -2.22. The molecule has 3 aromatic rings. The fraction of sp³-hybridized carbons (Fsp3) is 0.674. The summed E-state index contributed by atoms with van der Waals surface area (Å²) in [6.07, 6.45) is 23.1. The van der Waals surface area contributed by atoms with E-state index < -0.39 is 14.7 Å². The minimum Gasteiger partial charge on any atom is -0.489 e. The number of nitrogen functional groups attached to an aromatic ring is 1. The van der Waals surface area contributed by atoms with Gasteiger partial charge in [0, 0.05) is 19.2 Å². The molecule has 0 spiro atoms. The van der Waals surface area contributed by atoms with Gasteiger partial charge in [-0.3, -0.25) is 0 Å². The van der Waals surface area contributed by atoms with Crippen molar-refractivity contribution >= 4 is 19.9 Å². The van der Waals surface area contributed by atoms with Crippen molar-refractivity contribution in [2.45, 2.75) is 161 Å². The minimum atomic E-state index is -2.19. The van der Waals surface area contributed by atoms with Crippen molar-refractivity contribution in [1.29, 1.82) is 10.5 Å². The first kappa shape index (κ1) is 47.8. The second kappa shape index (κ2) is 28.8. The van der Waals surface area contributed by atoms with Crippen LogP contribution in [-0.2, 0) is 18.5 Å². The molecule has 57 heavy (non-hydrogen) atoms. The van der Waals surface area contributed by atoms with E-state index in [-0.39, 0.29) is 38.1 Å². The third kappa shape index (κ3) is 18.3. The predicted molar refractivity (Wildman–Crippen MR) is 224 cm³/mol. The van der Waals surface area contributed by atoms with Gasteiger partial charge in [0.25, 0.3) is 0 Å². The van der Waals surface area contributed by atoms with Crippen LogP contribution in [0.15, 0.2) is 36.7 Å². The summed E-state index contributed by atoms with van der Waals surface area (Å²) in [7, 11) is -2.19. The van der Waals surface area contributed by atoms with Crippen LogP contribution in [-0.4, -0.2) is 64.2 Å². The highest BCUT2D eigenvalue weighted by Crippen LogP contribution is 2.38. The smallest absolute Gasteiger partial charge is 0.330 e. The predicted octanol–water partition coefficient (Wildman–Crippen LogP) is 10.3. The molecule has 0 saturated carbocycles. The third-order valence-electron chi connectivity index (χ3n) is 9.88. The molecule has 1 fully saturated rings. The Bertz CT molecular complexity index is 1580. The monoisotopic (exact) mass is 810 g/mol. The Morgan fingerprint density at radius 3 is 2.18 bits per heavy atom. The first-order valence-corrected chi connectivity index (χ1v) is 22.2. The number of hydrogen-bond donors (Lipinski definition) is 2. The maximum atomic E-state index is 10.7. The summed E-state index contributed by atoms with van der Waals surface area (Å²) >= 11 is 0. The van der Waals surface area contributed by atoms with E-state index in [4.69, 9.17) is 39.0 Å². The van der Waals surface area contributed by atoms with Crippen molar-refractivity contribution in [2.75, 3.05) is 32.2 Å². The van der Waals surface area contributed by atoms with Gasteiger partial charge in [0.15, 0.2) is 5.82 Å². The van der Waals surface area contributed by atoms with Crippen molar-refractivity contribution < 1.29 is 32.9 Å². The molecule has 0 amide bonds. The second-order valence-electron chi connectivity index (χ2n) is 14.9. The number of rotatable bonds is 30. The van der Waals surface area contributed by atoms with Gasteiger partial charge >= 0.3 is 8.60 Å². The quantitative estimate of drug-likeness (QED) is 0.0481. The number of fused-ring (bicyclic) bond motifs is 1. The first-order valence-electron chi connectivity index (χ1n) is 21.1. The van der Waals surface area contributed by atoms with Crippen LogP contribution in [0.3, 0.4) is 0 Å². The van der Waals surface area contributed by atoms with Crippen LogP contribution in [0.5, 0.6) is 11.5 Å². The average molecular weight is 811 g/mol. The summed E-state index contributed by atoms with van der Waals surface area (Å²) in [6.45, 7) is 10.7.